The first kappa shape index (κ1) is 11.3. The van der Waals surface area contributed by atoms with E-state index in [-0.39, 0.29) is 17.1 Å². The average molecular weight is 232 g/mol. The summed E-state index contributed by atoms with van der Waals surface area (Å²) in [5.41, 5.74) is -0.190. The molecule has 6 nitrogen and oxygen atoms in total. The van der Waals surface area contributed by atoms with E-state index in [0.29, 0.717) is 6.54 Å². The van der Waals surface area contributed by atoms with E-state index in [9.17, 15) is 10.1 Å². The van der Waals surface area contributed by atoms with Crippen molar-refractivity contribution in [3.05, 3.63) is 27.9 Å². The zero-order chi connectivity index (χ0) is 12.3. The van der Waals surface area contributed by atoms with Crippen LogP contribution in [0.15, 0.2) is 12.3 Å². The Morgan fingerprint density at radius 1 is 1.65 bits per heavy atom. The van der Waals surface area contributed by atoms with Gasteiger partial charge in [0.05, 0.1) is 4.92 Å². The quantitative estimate of drug-likeness (QED) is 0.619. The van der Waals surface area contributed by atoms with Gasteiger partial charge < -0.3 is 5.32 Å². The van der Waals surface area contributed by atoms with Crippen molar-refractivity contribution in [3.63, 3.8) is 0 Å². The number of anilines is 1. The second-order valence-corrected chi connectivity index (χ2v) is 4.08. The van der Waals surface area contributed by atoms with Gasteiger partial charge in [-0.15, -0.1) is 0 Å². The third-order valence-electron chi connectivity index (χ3n) is 2.77. The van der Waals surface area contributed by atoms with Gasteiger partial charge in [0, 0.05) is 12.7 Å². The largest absolute Gasteiger partial charge is 0.364 e. The Morgan fingerprint density at radius 3 is 3.00 bits per heavy atom. The molecule has 1 aromatic rings. The van der Waals surface area contributed by atoms with Gasteiger partial charge in [-0.25, -0.2) is 4.98 Å². The zero-order valence-electron chi connectivity index (χ0n) is 9.22. The molecule has 1 aliphatic carbocycles. The second-order valence-electron chi connectivity index (χ2n) is 4.08. The normalized spacial score (nSPS) is 14.1. The number of hydrogen-bond acceptors (Lipinski definition) is 5. The predicted molar refractivity (Wildman–Crippen MR) is 61.4 cm³/mol. The summed E-state index contributed by atoms with van der Waals surface area (Å²) in [6.45, 7) is 0.660. The number of nitrogens with one attached hydrogen (secondary N) is 1. The molecule has 17 heavy (non-hydrogen) atoms. The lowest BCUT2D eigenvalue weighted by Gasteiger charge is -2.05. The molecular formula is C11H12N4O2. The maximum absolute atomic E-state index is 10.9. The van der Waals surface area contributed by atoms with Crippen molar-refractivity contribution in [1.29, 1.82) is 5.26 Å². The molecule has 0 amide bonds. The van der Waals surface area contributed by atoms with Crippen molar-refractivity contribution in [2.45, 2.75) is 19.3 Å². The zero-order valence-corrected chi connectivity index (χ0v) is 9.22. The van der Waals surface area contributed by atoms with E-state index in [1.54, 1.807) is 0 Å². The molecule has 0 aliphatic heterocycles. The smallest absolute Gasteiger partial charge is 0.328 e. The Kier molecular flexibility index (Phi) is 3.19. The summed E-state index contributed by atoms with van der Waals surface area (Å²) in [5.74, 6) is 0.940. The van der Waals surface area contributed by atoms with Gasteiger partial charge in [-0.3, -0.25) is 10.1 Å². The van der Waals surface area contributed by atoms with E-state index in [2.05, 4.69) is 10.3 Å². The summed E-state index contributed by atoms with van der Waals surface area (Å²) in [4.78, 5) is 14.2. The molecule has 88 valence electrons. The first-order valence-electron chi connectivity index (χ1n) is 5.49. The van der Waals surface area contributed by atoms with Crippen LogP contribution < -0.4 is 5.32 Å². The van der Waals surface area contributed by atoms with Crippen LogP contribution in [-0.2, 0) is 0 Å². The molecule has 0 saturated heterocycles. The molecule has 1 saturated carbocycles. The van der Waals surface area contributed by atoms with Crippen LogP contribution in [0.3, 0.4) is 0 Å². The van der Waals surface area contributed by atoms with Crippen LogP contribution in [-0.4, -0.2) is 16.5 Å². The predicted octanol–water partition coefficient (Wildman–Crippen LogP) is 2.07. The fourth-order valence-electron chi connectivity index (χ4n) is 1.66. The number of hydrogen-bond donors (Lipinski definition) is 1. The molecule has 1 aromatic heterocycles. The van der Waals surface area contributed by atoms with Crippen molar-refractivity contribution in [2.75, 3.05) is 11.9 Å². The van der Waals surface area contributed by atoms with E-state index >= 15 is 0 Å². The number of nitrogens with zero attached hydrogens (tertiary/aromatic N) is 3. The molecule has 0 aromatic carbocycles. The molecule has 0 radical (unpaired) electrons. The van der Waals surface area contributed by atoms with Crippen LogP contribution in [0, 0.1) is 27.4 Å². The lowest BCUT2D eigenvalue weighted by atomic mass is 10.2. The van der Waals surface area contributed by atoms with Crippen LogP contribution >= 0.6 is 0 Å². The summed E-state index contributed by atoms with van der Waals surface area (Å²) in [7, 11) is 0. The molecule has 1 N–H and O–H groups in total. The molecule has 0 spiro atoms. The lowest BCUT2D eigenvalue weighted by Crippen LogP contribution is -2.07. The lowest BCUT2D eigenvalue weighted by molar-refractivity contribution is -0.384. The fourth-order valence-corrected chi connectivity index (χ4v) is 1.66. The van der Waals surface area contributed by atoms with Crippen molar-refractivity contribution < 1.29 is 4.92 Å². The molecule has 0 atom stereocenters. The highest BCUT2D eigenvalue weighted by Gasteiger charge is 2.23. The Labute approximate surface area is 98.4 Å². The number of rotatable bonds is 5. The number of pyridine rings is 1. The van der Waals surface area contributed by atoms with E-state index in [1.165, 1.54) is 25.1 Å². The first-order valence-corrected chi connectivity index (χ1v) is 5.49. The molecule has 1 fully saturated rings. The first-order chi connectivity index (χ1) is 8.22. The Bertz CT molecular complexity index is 477. The van der Waals surface area contributed by atoms with Crippen molar-refractivity contribution in [2.24, 2.45) is 5.92 Å². The SMILES string of the molecule is N#Cc1ccnc(NCCC2CC2)c1[N+](=O)[O-]. The monoisotopic (exact) mass is 232 g/mol. The molecule has 0 unspecified atom stereocenters. The molecule has 6 heteroatoms. The minimum Gasteiger partial charge on any atom is -0.364 e. The highest BCUT2D eigenvalue weighted by atomic mass is 16.6. The van der Waals surface area contributed by atoms with Gasteiger partial charge in [0.2, 0.25) is 5.82 Å². The van der Waals surface area contributed by atoms with Crippen molar-refractivity contribution in [3.8, 4) is 6.07 Å². The number of nitriles is 1. The molecule has 1 heterocycles. The average Bonchev–Trinajstić information content (AvgIpc) is 3.12. The third-order valence-corrected chi connectivity index (χ3v) is 2.77. The van der Waals surface area contributed by atoms with E-state index in [1.807, 2.05) is 6.07 Å². The van der Waals surface area contributed by atoms with Crippen LogP contribution in [0.5, 0.6) is 0 Å². The number of aromatic nitrogens is 1. The summed E-state index contributed by atoms with van der Waals surface area (Å²) in [6, 6.07) is 3.16. The van der Waals surface area contributed by atoms with Gasteiger partial charge in [0.1, 0.15) is 11.6 Å². The molecule has 0 bridgehead atoms. The maximum Gasteiger partial charge on any atom is 0.328 e. The standard InChI is InChI=1S/C11H12N4O2/c12-7-9-4-6-14-11(10(9)15(16)17)13-5-3-8-1-2-8/h4,6,8H,1-3,5H2,(H,13,14). The van der Waals surface area contributed by atoms with Crippen LogP contribution in [0.25, 0.3) is 0 Å². The number of nitro groups is 1. The second kappa shape index (κ2) is 4.78. The Morgan fingerprint density at radius 2 is 2.41 bits per heavy atom. The summed E-state index contributed by atoms with van der Waals surface area (Å²) in [5, 5.41) is 22.6. The minimum atomic E-state index is -0.564. The summed E-state index contributed by atoms with van der Waals surface area (Å²) < 4.78 is 0. The topological polar surface area (TPSA) is 91.8 Å². The Balaban J connectivity index is 2.13. The summed E-state index contributed by atoms with van der Waals surface area (Å²) >= 11 is 0. The van der Waals surface area contributed by atoms with E-state index < -0.39 is 4.92 Å². The van der Waals surface area contributed by atoms with Crippen LogP contribution in [0.2, 0.25) is 0 Å². The minimum absolute atomic E-state index is 0.0407. The van der Waals surface area contributed by atoms with E-state index in [4.69, 9.17) is 5.26 Å². The molecule has 1 aliphatic rings. The molecular weight excluding hydrogens is 220 g/mol. The van der Waals surface area contributed by atoms with Gasteiger partial charge >= 0.3 is 5.69 Å². The highest BCUT2D eigenvalue weighted by molar-refractivity contribution is 5.63. The third kappa shape index (κ3) is 2.69. The van der Waals surface area contributed by atoms with E-state index in [0.717, 1.165) is 12.3 Å². The van der Waals surface area contributed by atoms with Gasteiger partial charge in [-0.1, -0.05) is 12.8 Å². The van der Waals surface area contributed by atoms with Crippen molar-refractivity contribution in [1.82, 2.24) is 4.98 Å². The van der Waals surface area contributed by atoms with Gasteiger partial charge in [0.15, 0.2) is 0 Å². The van der Waals surface area contributed by atoms with Crippen molar-refractivity contribution >= 4 is 11.5 Å². The van der Waals surface area contributed by atoms with Gasteiger partial charge in [0.25, 0.3) is 0 Å². The van der Waals surface area contributed by atoms with Crippen LogP contribution in [0.4, 0.5) is 11.5 Å². The highest BCUT2D eigenvalue weighted by Crippen LogP contribution is 2.32. The van der Waals surface area contributed by atoms with Crippen LogP contribution in [0.1, 0.15) is 24.8 Å². The summed E-state index contributed by atoms with van der Waals surface area (Å²) in [6.07, 6.45) is 4.89. The van der Waals surface area contributed by atoms with Gasteiger partial charge in [-0.2, -0.15) is 5.26 Å². The molecule has 2 rings (SSSR count). The fraction of sp³-hybridized carbons (Fsp3) is 0.455. The maximum atomic E-state index is 10.9. The van der Waals surface area contributed by atoms with Gasteiger partial charge in [-0.05, 0) is 18.4 Å². The Hall–Kier alpha value is -2.16.